The fraction of sp³-hybridized carbons (Fsp3) is 0.850. The lowest BCUT2D eigenvalue weighted by Gasteiger charge is -2.45. The molecule has 0 bridgehead atoms. The number of nitrogens with zero attached hydrogens (tertiary/aromatic N) is 1. The molecule has 1 amide bonds. The van der Waals surface area contributed by atoms with Gasteiger partial charge in [0.05, 0.1) is 13.0 Å². The highest BCUT2D eigenvalue weighted by molar-refractivity contribution is 5.80. The minimum atomic E-state index is -1.66. The SMILES string of the molecule is CC1=NC2[C@@H](O1)OC(CO)[C@@H](O[C@@H]1OC(CNCCNC(=O)CCC(=O)O)[C@H](O)[C@H](O)C1O)[C@@H]2O. The first-order valence-corrected chi connectivity index (χ1v) is 11.3. The first kappa shape index (κ1) is 27.6. The quantitative estimate of drug-likeness (QED) is 0.124. The van der Waals surface area contributed by atoms with Crippen LogP contribution in [0.25, 0.3) is 0 Å². The van der Waals surface area contributed by atoms with Gasteiger partial charge in [0, 0.05) is 33.0 Å². The zero-order valence-electron chi connectivity index (χ0n) is 19.1. The summed E-state index contributed by atoms with van der Waals surface area (Å²) in [6.07, 6.45) is -12.1. The van der Waals surface area contributed by atoms with E-state index in [1.807, 2.05) is 0 Å². The first-order chi connectivity index (χ1) is 16.6. The van der Waals surface area contributed by atoms with Crippen LogP contribution in [0.5, 0.6) is 0 Å². The molecule has 3 aliphatic heterocycles. The predicted molar refractivity (Wildman–Crippen MR) is 114 cm³/mol. The van der Waals surface area contributed by atoms with E-state index in [2.05, 4.69) is 15.6 Å². The second-order valence-corrected chi connectivity index (χ2v) is 8.54. The van der Waals surface area contributed by atoms with Gasteiger partial charge in [0.2, 0.25) is 12.2 Å². The van der Waals surface area contributed by atoms with Crippen molar-refractivity contribution in [3.63, 3.8) is 0 Å². The highest BCUT2D eigenvalue weighted by atomic mass is 16.7. The number of aliphatic hydroxyl groups excluding tert-OH is 5. The molecule has 3 rings (SSSR count). The van der Waals surface area contributed by atoms with Crippen molar-refractivity contribution in [3.05, 3.63) is 0 Å². The van der Waals surface area contributed by atoms with Gasteiger partial charge in [-0.2, -0.15) is 0 Å². The Morgan fingerprint density at radius 3 is 2.43 bits per heavy atom. The second-order valence-electron chi connectivity index (χ2n) is 8.54. The van der Waals surface area contributed by atoms with Crippen molar-refractivity contribution in [2.75, 3.05) is 26.2 Å². The molecule has 0 radical (unpaired) electrons. The number of carboxylic acids is 1. The molecule has 0 aromatic carbocycles. The lowest BCUT2D eigenvalue weighted by atomic mass is 9.96. The number of carbonyl (C=O) groups is 2. The van der Waals surface area contributed by atoms with Crippen LogP contribution >= 0.6 is 0 Å². The van der Waals surface area contributed by atoms with Crippen molar-refractivity contribution in [2.24, 2.45) is 4.99 Å². The Morgan fingerprint density at radius 1 is 1.00 bits per heavy atom. The van der Waals surface area contributed by atoms with Crippen molar-refractivity contribution >= 4 is 17.8 Å². The number of amides is 1. The minimum Gasteiger partial charge on any atom is -0.481 e. The molecule has 0 aromatic heterocycles. The summed E-state index contributed by atoms with van der Waals surface area (Å²) in [6, 6.07) is -0.817. The molecule has 15 heteroatoms. The van der Waals surface area contributed by atoms with E-state index in [0.717, 1.165) is 0 Å². The van der Waals surface area contributed by atoms with Gasteiger partial charge in [0.1, 0.15) is 48.8 Å². The summed E-state index contributed by atoms with van der Waals surface area (Å²) >= 11 is 0. The molecule has 10 atom stereocenters. The Labute approximate surface area is 200 Å². The molecular weight excluding hydrogens is 474 g/mol. The molecule has 4 unspecified atom stereocenters. The predicted octanol–water partition coefficient (Wildman–Crippen LogP) is -4.35. The monoisotopic (exact) mass is 507 g/mol. The number of aliphatic carboxylic acids is 1. The molecule has 3 aliphatic rings. The molecule has 0 aliphatic carbocycles. The van der Waals surface area contributed by atoms with Crippen LogP contribution in [0.4, 0.5) is 0 Å². The summed E-state index contributed by atoms with van der Waals surface area (Å²) in [5, 5.41) is 65.4. The Kier molecular flexibility index (Phi) is 9.74. The number of hydrogen-bond donors (Lipinski definition) is 8. The van der Waals surface area contributed by atoms with Crippen LogP contribution in [0.1, 0.15) is 19.8 Å². The normalized spacial score (nSPS) is 38.9. The van der Waals surface area contributed by atoms with Crippen LogP contribution in [0.2, 0.25) is 0 Å². The second kappa shape index (κ2) is 12.3. The fourth-order valence-electron chi connectivity index (χ4n) is 4.06. The lowest BCUT2D eigenvalue weighted by molar-refractivity contribution is -0.338. The van der Waals surface area contributed by atoms with Gasteiger partial charge >= 0.3 is 5.97 Å². The van der Waals surface area contributed by atoms with Crippen LogP contribution in [0.3, 0.4) is 0 Å². The molecule has 3 heterocycles. The summed E-state index contributed by atoms with van der Waals surface area (Å²) in [7, 11) is 0. The molecule has 8 N–H and O–H groups in total. The van der Waals surface area contributed by atoms with E-state index in [9.17, 15) is 35.1 Å². The van der Waals surface area contributed by atoms with Gasteiger partial charge in [-0.3, -0.25) is 9.59 Å². The Morgan fingerprint density at radius 2 is 1.74 bits per heavy atom. The molecule has 0 saturated carbocycles. The standard InChI is InChI=1S/C20H33N3O12/c1-8-23-13-15(29)18(10(7-24)34-19(13)32-8)35-20-17(31)16(30)14(28)9(33-20)6-21-4-5-22-11(25)2-3-12(26)27/h9-10,13-21,24,28-31H,2-7H2,1H3,(H,22,25)(H,26,27)/t9?,10?,13?,14-,15+,16-,17?,18+,19-,20-/m0/s1. The van der Waals surface area contributed by atoms with E-state index in [0.29, 0.717) is 5.90 Å². The van der Waals surface area contributed by atoms with E-state index in [1.54, 1.807) is 6.92 Å². The van der Waals surface area contributed by atoms with E-state index in [4.69, 9.17) is 24.1 Å². The third-order valence-electron chi connectivity index (χ3n) is 5.93. The molecule has 0 spiro atoms. The Hall–Kier alpha value is -1.95. The van der Waals surface area contributed by atoms with Crippen molar-refractivity contribution < 1.29 is 59.2 Å². The van der Waals surface area contributed by atoms with Gasteiger partial charge < -0.3 is 60.2 Å². The van der Waals surface area contributed by atoms with Gasteiger partial charge in [0.25, 0.3) is 0 Å². The van der Waals surface area contributed by atoms with Crippen molar-refractivity contribution in [1.29, 1.82) is 0 Å². The van der Waals surface area contributed by atoms with Crippen molar-refractivity contribution in [3.8, 4) is 0 Å². The number of aliphatic hydroxyl groups is 5. The first-order valence-electron chi connectivity index (χ1n) is 11.3. The number of ether oxygens (including phenoxy) is 4. The van der Waals surface area contributed by atoms with E-state index >= 15 is 0 Å². The van der Waals surface area contributed by atoms with Gasteiger partial charge in [-0.05, 0) is 0 Å². The lowest BCUT2D eigenvalue weighted by Crippen LogP contribution is -2.64. The molecule has 35 heavy (non-hydrogen) atoms. The number of fused-ring (bicyclic) bond motifs is 1. The topological polar surface area (TPSA) is 229 Å². The maximum absolute atomic E-state index is 11.5. The summed E-state index contributed by atoms with van der Waals surface area (Å²) < 4.78 is 22.3. The fourth-order valence-corrected chi connectivity index (χ4v) is 4.06. The summed E-state index contributed by atoms with van der Waals surface area (Å²) in [6.45, 7) is 1.48. The minimum absolute atomic E-state index is 0.00494. The maximum Gasteiger partial charge on any atom is 0.303 e. The number of aliphatic imine (C=N–C) groups is 1. The largest absolute Gasteiger partial charge is 0.481 e. The number of carboxylic acid groups (broad SMARTS) is 1. The van der Waals surface area contributed by atoms with Gasteiger partial charge in [-0.25, -0.2) is 4.99 Å². The maximum atomic E-state index is 11.5. The van der Waals surface area contributed by atoms with Crippen molar-refractivity contribution in [2.45, 2.75) is 81.1 Å². The zero-order chi connectivity index (χ0) is 25.7. The van der Waals surface area contributed by atoms with Gasteiger partial charge in [-0.1, -0.05) is 0 Å². The van der Waals surface area contributed by atoms with Crippen LogP contribution in [0, 0.1) is 0 Å². The van der Waals surface area contributed by atoms with Gasteiger partial charge in [-0.15, -0.1) is 0 Å². The van der Waals surface area contributed by atoms with E-state index in [1.165, 1.54) is 0 Å². The number of rotatable bonds is 11. The van der Waals surface area contributed by atoms with Crippen molar-refractivity contribution in [1.82, 2.24) is 10.6 Å². The molecular formula is C20H33N3O12. The Bertz CT molecular complexity index is 770. The average molecular weight is 507 g/mol. The smallest absolute Gasteiger partial charge is 0.303 e. The summed E-state index contributed by atoms with van der Waals surface area (Å²) in [5.41, 5.74) is 0. The van der Waals surface area contributed by atoms with Crippen LogP contribution in [-0.4, -0.2) is 136 Å². The molecule has 0 aromatic rings. The summed E-state index contributed by atoms with van der Waals surface area (Å²) in [4.78, 5) is 26.2. The number of nitrogens with one attached hydrogen (secondary N) is 2. The van der Waals surface area contributed by atoms with Crippen LogP contribution < -0.4 is 10.6 Å². The third kappa shape index (κ3) is 6.84. The van der Waals surface area contributed by atoms with E-state index < -0.39 is 79.8 Å². The summed E-state index contributed by atoms with van der Waals surface area (Å²) in [5.74, 6) is -1.19. The highest BCUT2D eigenvalue weighted by Gasteiger charge is 2.52. The third-order valence-corrected chi connectivity index (χ3v) is 5.93. The van der Waals surface area contributed by atoms with Crippen LogP contribution in [0.15, 0.2) is 4.99 Å². The highest BCUT2D eigenvalue weighted by Crippen LogP contribution is 2.32. The molecule has 2 fully saturated rings. The zero-order valence-corrected chi connectivity index (χ0v) is 19.1. The van der Waals surface area contributed by atoms with Gasteiger partial charge in [0.15, 0.2) is 12.2 Å². The number of hydrogen-bond acceptors (Lipinski definition) is 13. The number of carbonyl (C=O) groups excluding carboxylic acids is 1. The molecule has 15 nitrogen and oxygen atoms in total. The van der Waals surface area contributed by atoms with Crippen LogP contribution in [-0.2, 0) is 28.5 Å². The Balaban J connectivity index is 1.52. The van der Waals surface area contributed by atoms with E-state index in [-0.39, 0.29) is 32.5 Å². The molecule has 200 valence electrons. The average Bonchev–Trinajstić information content (AvgIpc) is 3.20. The molecule has 2 saturated heterocycles.